The average molecular weight is 291 g/mol. The highest BCUT2D eigenvalue weighted by molar-refractivity contribution is 5.97. The summed E-state index contributed by atoms with van der Waals surface area (Å²) in [6, 6.07) is 1.13. The Bertz CT molecular complexity index is 566. The number of hydrogen-bond acceptors (Lipinski definition) is 4. The molecule has 2 amide bonds. The molecular weight excluding hydrogens is 270 g/mol. The van der Waals surface area contributed by atoms with Gasteiger partial charge in [0.15, 0.2) is 5.76 Å². The molecule has 2 fully saturated rings. The van der Waals surface area contributed by atoms with Crippen LogP contribution in [-0.2, 0) is 16.1 Å². The van der Waals surface area contributed by atoms with Crippen molar-refractivity contribution < 1.29 is 14.1 Å². The van der Waals surface area contributed by atoms with Crippen molar-refractivity contribution in [2.45, 2.75) is 52.2 Å². The second kappa shape index (κ2) is 5.16. The van der Waals surface area contributed by atoms with E-state index in [-0.39, 0.29) is 23.8 Å². The molecule has 114 valence electrons. The molecule has 2 unspecified atom stereocenters. The highest BCUT2D eigenvalue weighted by atomic mass is 16.5. The molecule has 2 aliphatic heterocycles. The summed E-state index contributed by atoms with van der Waals surface area (Å²) in [5, 5.41) is 3.85. The molecule has 0 radical (unpaired) electrons. The number of fused-ring (bicyclic) bond motifs is 1. The molecule has 0 aliphatic carbocycles. The molecule has 2 atom stereocenters. The van der Waals surface area contributed by atoms with Gasteiger partial charge in [-0.2, -0.15) is 0 Å². The molecule has 6 nitrogen and oxygen atoms in total. The molecule has 6 heteroatoms. The first-order chi connectivity index (χ1) is 9.99. The van der Waals surface area contributed by atoms with Crippen LogP contribution in [0.15, 0.2) is 10.6 Å². The van der Waals surface area contributed by atoms with Crippen LogP contribution in [0.5, 0.6) is 0 Å². The SMILES string of the molecule is Cc1cc(CN2C(=O)C3CCCN3C(=O)C2C(C)C)on1. The molecule has 1 aromatic rings. The van der Waals surface area contributed by atoms with Gasteiger partial charge in [-0.1, -0.05) is 19.0 Å². The molecule has 0 N–H and O–H groups in total. The number of aryl methyl sites for hydroxylation is 1. The Kier molecular flexibility index (Phi) is 3.47. The molecule has 2 aliphatic rings. The van der Waals surface area contributed by atoms with E-state index in [0.717, 1.165) is 18.5 Å². The van der Waals surface area contributed by atoms with E-state index in [1.807, 2.05) is 26.8 Å². The third-order valence-corrected chi connectivity index (χ3v) is 4.33. The van der Waals surface area contributed by atoms with Gasteiger partial charge in [0.25, 0.3) is 0 Å². The summed E-state index contributed by atoms with van der Waals surface area (Å²) < 4.78 is 5.22. The van der Waals surface area contributed by atoms with Gasteiger partial charge in [-0.05, 0) is 25.7 Å². The Hall–Kier alpha value is -1.85. The third kappa shape index (κ3) is 2.32. The second-order valence-corrected chi connectivity index (χ2v) is 6.28. The number of carbonyl (C=O) groups is 2. The van der Waals surface area contributed by atoms with Gasteiger partial charge in [0.05, 0.1) is 12.2 Å². The predicted octanol–water partition coefficient (Wildman–Crippen LogP) is 1.34. The van der Waals surface area contributed by atoms with Crippen LogP contribution < -0.4 is 0 Å². The number of nitrogens with zero attached hydrogens (tertiary/aromatic N) is 3. The highest BCUT2D eigenvalue weighted by Crippen LogP contribution is 2.30. The second-order valence-electron chi connectivity index (χ2n) is 6.28. The number of piperazine rings is 1. The molecule has 1 aromatic heterocycles. The molecular formula is C15H21N3O3. The summed E-state index contributed by atoms with van der Waals surface area (Å²) in [7, 11) is 0. The van der Waals surface area contributed by atoms with E-state index in [4.69, 9.17) is 4.52 Å². The first-order valence-corrected chi connectivity index (χ1v) is 7.52. The number of carbonyl (C=O) groups excluding carboxylic acids is 2. The van der Waals surface area contributed by atoms with Gasteiger partial charge in [-0.15, -0.1) is 0 Å². The monoisotopic (exact) mass is 291 g/mol. The van der Waals surface area contributed by atoms with E-state index >= 15 is 0 Å². The maximum Gasteiger partial charge on any atom is 0.246 e. The fraction of sp³-hybridized carbons (Fsp3) is 0.667. The van der Waals surface area contributed by atoms with E-state index in [0.29, 0.717) is 18.8 Å². The first kappa shape index (κ1) is 14.1. The van der Waals surface area contributed by atoms with Crippen molar-refractivity contribution >= 4 is 11.8 Å². The van der Waals surface area contributed by atoms with Gasteiger partial charge >= 0.3 is 0 Å². The summed E-state index contributed by atoms with van der Waals surface area (Å²) in [5.41, 5.74) is 0.782. The fourth-order valence-electron chi connectivity index (χ4n) is 3.40. The maximum absolute atomic E-state index is 12.7. The quantitative estimate of drug-likeness (QED) is 0.843. The maximum atomic E-state index is 12.7. The van der Waals surface area contributed by atoms with Crippen LogP contribution in [0.4, 0.5) is 0 Å². The Morgan fingerprint density at radius 1 is 1.38 bits per heavy atom. The molecule has 21 heavy (non-hydrogen) atoms. The van der Waals surface area contributed by atoms with Crippen LogP contribution >= 0.6 is 0 Å². The molecule has 0 bridgehead atoms. The molecule has 3 rings (SSSR count). The normalized spacial score (nSPS) is 25.9. The first-order valence-electron chi connectivity index (χ1n) is 7.52. The van der Waals surface area contributed by atoms with Crippen LogP contribution in [-0.4, -0.2) is 45.4 Å². The lowest BCUT2D eigenvalue weighted by Gasteiger charge is -2.43. The van der Waals surface area contributed by atoms with Gasteiger partial charge in [-0.3, -0.25) is 9.59 Å². The smallest absolute Gasteiger partial charge is 0.246 e. The van der Waals surface area contributed by atoms with E-state index in [1.165, 1.54) is 0 Å². The Morgan fingerprint density at radius 3 is 2.76 bits per heavy atom. The zero-order valence-electron chi connectivity index (χ0n) is 12.7. The summed E-state index contributed by atoms with van der Waals surface area (Å²) in [5.74, 6) is 0.820. The van der Waals surface area contributed by atoms with Crippen molar-refractivity contribution in [3.05, 3.63) is 17.5 Å². The summed E-state index contributed by atoms with van der Waals surface area (Å²) in [6.07, 6.45) is 1.67. The zero-order valence-corrected chi connectivity index (χ0v) is 12.7. The van der Waals surface area contributed by atoms with Crippen LogP contribution in [0.25, 0.3) is 0 Å². The molecule has 0 aromatic carbocycles. The lowest BCUT2D eigenvalue weighted by atomic mass is 9.95. The number of hydrogen-bond donors (Lipinski definition) is 0. The van der Waals surface area contributed by atoms with Gasteiger partial charge in [-0.25, -0.2) is 0 Å². The minimum Gasteiger partial charge on any atom is -0.359 e. The van der Waals surface area contributed by atoms with Gasteiger partial charge in [0.1, 0.15) is 12.1 Å². The number of amides is 2. The molecule has 2 saturated heterocycles. The van der Waals surface area contributed by atoms with E-state index in [2.05, 4.69) is 5.16 Å². The number of aromatic nitrogens is 1. The van der Waals surface area contributed by atoms with Crippen LogP contribution in [0.3, 0.4) is 0 Å². The van der Waals surface area contributed by atoms with Crippen molar-refractivity contribution in [3.63, 3.8) is 0 Å². The average Bonchev–Trinajstić information content (AvgIpc) is 3.04. The minimum absolute atomic E-state index is 0.0415. The topological polar surface area (TPSA) is 66.7 Å². The summed E-state index contributed by atoms with van der Waals surface area (Å²) in [4.78, 5) is 28.9. The number of rotatable bonds is 3. The molecule has 3 heterocycles. The fourth-order valence-corrected chi connectivity index (χ4v) is 3.40. The van der Waals surface area contributed by atoms with Crippen molar-refractivity contribution in [1.29, 1.82) is 0 Å². The lowest BCUT2D eigenvalue weighted by Crippen LogP contribution is -2.63. The lowest BCUT2D eigenvalue weighted by molar-refractivity contribution is -0.162. The van der Waals surface area contributed by atoms with Crippen molar-refractivity contribution in [1.82, 2.24) is 15.0 Å². The van der Waals surface area contributed by atoms with Crippen LogP contribution in [0.1, 0.15) is 38.1 Å². The van der Waals surface area contributed by atoms with E-state index < -0.39 is 6.04 Å². The largest absolute Gasteiger partial charge is 0.359 e. The van der Waals surface area contributed by atoms with Crippen molar-refractivity contribution in [3.8, 4) is 0 Å². The third-order valence-electron chi connectivity index (χ3n) is 4.33. The van der Waals surface area contributed by atoms with Gasteiger partial charge in [0, 0.05) is 12.6 Å². The minimum atomic E-state index is -0.405. The molecule has 0 saturated carbocycles. The standard InChI is InChI=1S/C15H21N3O3/c1-9(2)13-15(20)17-6-4-5-12(17)14(19)18(13)8-11-7-10(3)16-21-11/h7,9,12-13H,4-6,8H2,1-3H3. The summed E-state index contributed by atoms with van der Waals surface area (Å²) in [6.45, 7) is 6.82. The Morgan fingerprint density at radius 2 is 2.14 bits per heavy atom. The van der Waals surface area contributed by atoms with Crippen LogP contribution in [0, 0.1) is 12.8 Å². The van der Waals surface area contributed by atoms with E-state index in [9.17, 15) is 9.59 Å². The Labute approximate surface area is 124 Å². The van der Waals surface area contributed by atoms with Crippen molar-refractivity contribution in [2.24, 2.45) is 5.92 Å². The van der Waals surface area contributed by atoms with Crippen molar-refractivity contribution in [2.75, 3.05) is 6.54 Å². The summed E-state index contributed by atoms with van der Waals surface area (Å²) >= 11 is 0. The Balaban J connectivity index is 1.90. The predicted molar refractivity (Wildman–Crippen MR) is 75.2 cm³/mol. The van der Waals surface area contributed by atoms with E-state index in [1.54, 1.807) is 9.80 Å². The van der Waals surface area contributed by atoms with Crippen LogP contribution in [0.2, 0.25) is 0 Å². The zero-order chi connectivity index (χ0) is 15.1. The van der Waals surface area contributed by atoms with Gasteiger partial charge in [0.2, 0.25) is 11.8 Å². The van der Waals surface area contributed by atoms with Gasteiger partial charge < -0.3 is 14.3 Å². The molecule has 0 spiro atoms. The highest BCUT2D eigenvalue weighted by Gasteiger charge is 2.48.